The zero-order valence-corrected chi connectivity index (χ0v) is 11.5. The predicted molar refractivity (Wildman–Crippen MR) is 70.3 cm³/mol. The molecule has 0 saturated carbocycles. The molecule has 1 aromatic heterocycles. The molecule has 0 aliphatic heterocycles. The van der Waals surface area contributed by atoms with Gasteiger partial charge in [0, 0.05) is 0 Å². The predicted octanol–water partition coefficient (Wildman–Crippen LogP) is 2.99. The highest BCUT2D eigenvalue weighted by atomic mass is 16.4. The summed E-state index contributed by atoms with van der Waals surface area (Å²) in [6, 6.07) is 3.85. The lowest BCUT2D eigenvalue weighted by Crippen LogP contribution is -2.24. The normalized spacial score (nSPS) is 12.0. The van der Waals surface area contributed by atoms with E-state index < -0.39 is 11.4 Å². The van der Waals surface area contributed by atoms with E-state index in [2.05, 4.69) is 4.90 Å². The van der Waals surface area contributed by atoms with Gasteiger partial charge in [-0.15, -0.1) is 0 Å². The van der Waals surface area contributed by atoms with E-state index in [1.807, 2.05) is 19.2 Å². The van der Waals surface area contributed by atoms with Crippen molar-refractivity contribution in [3.8, 4) is 0 Å². The van der Waals surface area contributed by atoms with Crippen molar-refractivity contribution in [2.45, 2.75) is 39.7 Å². The standard InChI is InChI=1S/C14H23NO3/c1-14(2,13(16)17)8-4-5-9-15(3)11-12-7-6-10-18-12/h6-7,10H,4-5,8-9,11H2,1-3H3,(H,16,17). The minimum Gasteiger partial charge on any atom is -0.481 e. The first kappa shape index (κ1) is 14.8. The molecule has 1 heterocycles. The monoisotopic (exact) mass is 253 g/mol. The van der Waals surface area contributed by atoms with Gasteiger partial charge in [0.25, 0.3) is 0 Å². The van der Waals surface area contributed by atoms with Crippen LogP contribution in [0.15, 0.2) is 22.8 Å². The Morgan fingerprint density at radius 2 is 2.17 bits per heavy atom. The Hall–Kier alpha value is -1.29. The van der Waals surface area contributed by atoms with E-state index in [4.69, 9.17) is 9.52 Å². The second-order valence-electron chi connectivity index (χ2n) is 5.46. The second-order valence-corrected chi connectivity index (χ2v) is 5.46. The fourth-order valence-electron chi connectivity index (χ4n) is 1.80. The van der Waals surface area contributed by atoms with Crippen LogP contribution in [0.25, 0.3) is 0 Å². The van der Waals surface area contributed by atoms with Crippen LogP contribution in [0.2, 0.25) is 0 Å². The molecular formula is C14H23NO3. The molecule has 0 radical (unpaired) electrons. The van der Waals surface area contributed by atoms with E-state index in [1.165, 1.54) is 0 Å². The summed E-state index contributed by atoms with van der Waals surface area (Å²) >= 11 is 0. The first-order valence-corrected chi connectivity index (χ1v) is 6.36. The molecule has 0 bridgehead atoms. The third kappa shape index (κ3) is 4.92. The fourth-order valence-corrected chi connectivity index (χ4v) is 1.80. The number of carboxylic acids is 1. The molecule has 0 saturated heterocycles. The average molecular weight is 253 g/mol. The Balaban J connectivity index is 2.16. The molecule has 0 spiro atoms. The number of furan rings is 1. The lowest BCUT2D eigenvalue weighted by atomic mass is 9.87. The Bertz CT molecular complexity index is 357. The molecule has 102 valence electrons. The van der Waals surface area contributed by atoms with Crippen LogP contribution < -0.4 is 0 Å². The summed E-state index contributed by atoms with van der Waals surface area (Å²) in [5.74, 6) is 0.245. The van der Waals surface area contributed by atoms with Gasteiger partial charge in [0.1, 0.15) is 5.76 Å². The average Bonchev–Trinajstić information content (AvgIpc) is 2.77. The Labute approximate surface area is 109 Å². The summed E-state index contributed by atoms with van der Waals surface area (Å²) in [6.07, 6.45) is 4.34. The fraction of sp³-hybridized carbons (Fsp3) is 0.643. The summed E-state index contributed by atoms with van der Waals surface area (Å²) in [5.41, 5.74) is -0.612. The highest BCUT2D eigenvalue weighted by molar-refractivity contribution is 5.73. The zero-order valence-electron chi connectivity index (χ0n) is 11.5. The summed E-state index contributed by atoms with van der Waals surface area (Å²) in [6.45, 7) is 5.31. The van der Waals surface area contributed by atoms with Crippen LogP contribution in [-0.2, 0) is 11.3 Å². The smallest absolute Gasteiger partial charge is 0.309 e. The molecule has 0 aliphatic carbocycles. The summed E-state index contributed by atoms with van der Waals surface area (Å²) < 4.78 is 5.28. The third-order valence-corrected chi connectivity index (χ3v) is 3.18. The number of hydrogen-bond donors (Lipinski definition) is 1. The molecule has 0 aliphatic rings. The lowest BCUT2D eigenvalue weighted by molar-refractivity contribution is -0.147. The molecule has 0 unspecified atom stereocenters. The van der Waals surface area contributed by atoms with Gasteiger partial charge in [-0.3, -0.25) is 9.69 Å². The van der Waals surface area contributed by atoms with Crippen LogP contribution in [0, 0.1) is 5.41 Å². The number of carboxylic acid groups (broad SMARTS) is 1. The van der Waals surface area contributed by atoms with Crippen molar-refractivity contribution in [2.75, 3.05) is 13.6 Å². The van der Waals surface area contributed by atoms with Gasteiger partial charge in [-0.05, 0) is 52.4 Å². The highest BCUT2D eigenvalue weighted by Gasteiger charge is 2.25. The molecule has 1 N–H and O–H groups in total. The summed E-state index contributed by atoms with van der Waals surface area (Å²) in [4.78, 5) is 13.1. The van der Waals surface area contributed by atoms with Gasteiger partial charge < -0.3 is 9.52 Å². The largest absolute Gasteiger partial charge is 0.481 e. The van der Waals surface area contributed by atoms with Crippen LogP contribution in [-0.4, -0.2) is 29.6 Å². The molecule has 4 nitrogen and oxygen atoms in total. The van der Waals surface area contributed by atoms with Crippen LogP contribution in [0.4, 0.5) is 0 Å². The van der Waals surface area contributed by atoms with Crippen LogP contribution in [0.1, 0.15) is 38.9 Å². The van der Waals surface area contributed by atoms with Crippen LogP contribution >= 0.6 is 0 Å². The maximum absolute atomic E-state index is 10.9. The first-order chi connectivity index (χ1) is 8.42. The number of unbranched alkanes of at least 4 members (excludes halogenated alkanes) is 1. The zero-order chi connectivity index (χ0) is 13.6. The Morgan fingerprint density at radius 1 is 1.44 bits per heavy atom. The SMILES string of the molecule is CN(CCCCC(C)(C)C(=O)O)Cc1ccco1. The molecule has 0 aromatic carbocycles. The number of carbonyl (C=O) groups is 1. The van der Waals surface area contributed by atoms with E-state index in [1.54, 1.807) is 20.1 Å². The minimum atomic E-state index is -0.716. The lowest BCUT2D eigenvalue weighted by Gasteiger charge is -2.20. The second kappa shape index (κ2) is 6.59. The molecule has 1 aromatic rings. The molecule has 4 heteroatoms. The maximum atomic E-state index is 10.9. The first-order valence-electron chi connectivity index (χ1n) is 6.36. The minimum absolute atomic E-state index is 0.612. The molecule has 1 rings (SSSR count). The van der Waals surface area contributed by atoms with Crippen molar-refractivity contribution in [3.05, 3.63) is 24.2 Å². The number of hydrogen-bond acceptors (Lipinski definition) is 3. The number of rotatable bonds is 8. The highest BCUT2D eigenvalue weighted by Crippen LogP contribution is 2.23. The molecular weight excluding hydrogens is 230 g/mol. The summed E-state index contributed by atoms with van der Waals surface area (Å²) in [7, 11) is 2.05. The maximum Gasteiger partial charge on any atom is 0.309 e. The van der Waals surface area contributed by atoms with Crippen molar-refractivity contribution < 1.29 is 14.3 Å². The van der Waals surface area contributed by atoms with Gasteiger partial charge in [0.15, 0.2) is 0 Å². The van der Waals surface area contributed by atoms with Crippen LogP contribution in [0.5, 0.6) is 0 Å². The topological polar surface area (TPSA) is 53.7 Å². The van der Waals surface area contributed by atoms with E-state index in [0.29, 0.717) is 0 Å². The van der Waals surface area contributed by atoms with Gasteiger partial charge in [-0.1, -0.05) is 6.42 Å². The third-order valence-electron chi connectivity index (χ3n) is 3.18. The van der Waals surface area contributed by atoms with Gasteiger partial charge in [0.05, 0.1) is 18.2 Å². The van der Waals surface area contributed by atoms with Crippen molar-refractivity contribution in [1.82, 2.24) is 4.90 Å². The van der Waals surface area contributed by atoms with Crippen molar-refractivity contribution in [2.24, 2.45) is 5.41 Å². The van der Waals surface area contributed by atoms with E-state index >= 15 is 0 Å². The van der Waals surface area contributed by atoms with Gasteiger partial charge in [-0.2, -0.15) is 0 Å². The van der Waals surface area contributed by atoms with Gasteiger partial charge >= 0.3 is 5.97 Å². The quantitative estimate of drug-likeness (QED) is 0.724. The number of nitrogens with zero attached hydrogens (tertiary/aromatic N) is 1. The molecule has 18 heavy (non-hydrogen) atoms. The molecule has 0 atom stereocenters. The Kier molecular flexibility index (Phi) is 5.41. The summed E-state index contributed by atoms with van der Waals surface area (Å²) in [5, 5.41) is 9.00. The van der Waals surface area contributed by atoms with Gasteiger partial charge in [-0.25, -0.2) is 0 Å². The van der Waals surface area contributed by atoms with Crippen molar-refractivity contribution in [1.29, 1.82) is 0 Å². The number of aliphatic carboxylic acids is 1. The molecule has 0 fully saturated rings. The van der Waals surface area contributed by atoms with E-state index in [0.717, 1.165) is 38.1 Å². The van der Waals surface area contributed by atoms with Gasteiger partial charge in [0.2, 0.25) is 0 Å². The van der Waals surface area contributed by atoms with Crippen molar-refractivity contribution in [3.63, 3.8) is 0 Å². The van der Waals surface area contributed by atoms with E-state index in [9.17, 15) is 4.79 Å². The van der Waals surface area contributed by atoms with Crippen molar-refractivity contribution >= 4 is 5.97 Å². The Morgan fingerprint density at radius 3 is 2.72 bits per heavy atom. The van der Waals surface area contributed by atoms with Crippen LogP contribution in [0.3, 0.4) is 0 Å². The van der Waals surface area contributed by atoms with E-state index in [-0.39, 0.29) is 0 Å². The molecule has 0 amide bonds.